The quantitative estimate of drug-likeness (QED) is 0.505. The third-order valence-electron chi connectivity index (χ3n) is 3.65. The first-order chi connectivity index (χ1) is 9.36. The van der Waals surface area contributed by atoms with Crippen molar-refractivity contribution in [3.05, 3.63) is 22.4 Å². The van der Waals surface area contributed by atoms with E-state index in [2.05, 4.69) is 36.7 Å². The summed E-state index contributed by atoms with van der Waals surface area (Å²) in [5, 5.41) is 5.92. The van der Waals surface area contributed by atoms with Gasteiger partial charge in [-0.2, -0.15) is 0 Å². The molecular formula is C17H31NS. The first kappa shape index (κ1) is 16.7. The van der Waals surface area contributed by atoms with E-state index >= 15 is 0 Å². The predicted molar refractivity (Wildman–Crippen MR) is 88.1 cm³/mol. The lowest BCUT2D eigenvalue weighted by atomic mass is 10.0. The minimum atomic E-state index is 0.747. The highest BCUT2D eigenvalue weighted by molar-refractivity contribution is 7.09. The first-order valence-corrected chi connectivity index (χ1v) is 9.00. The smallest absolute Gasteiger partial charge is 0.00671 e. The number of aryl methyl sites for hydroxylation is 1. The molecule has 0 spiro atoms. The molecule has 1 rings (SSSR count). The predicted octanol–water partition coefficient (Wildman–Crippen LogP) is 5.41. The normalized spacial score (nSPS) is 12.7. The van der Waals surface area contributed by atoms with Gasteiger partial charge in [-0.15, -0.1) is 11.3 Å². The molecular weight excluding hydrogens is 250 g/mol. The Morgan fingerprint density at radius 2 is 1.89 bits per heavy atom. The van der Waals surface area contributed by atoms with E-state index in [1.54, 1.807) is 4.88 Å². The molecule has 0 bridgehead atoms. The molecule has 1 atom stereocenters. The monoisotopic (exact) mass is 281 g/mol. The molecule has 0 fully saturated rings. The van der Waals surface area contributed by atoms with Gasteiger partial charge in [-0.05, 0) is 50.1 Å². The third kappa shape index (κ3) is 8.43. The summed E-state index contributed by atoms with van der Waals surface area (Å²) in [7, 11) is 0. The lowest BCUT2D eigenvalue weighted by Gasteiger charge is -2.18. The minimum absolute atomic E-state index is 0.747. The fourth-order valence-corrected chi connectivity index (χ4v) is 3.24. The Labute approximate surface area is 123 Å². The molecule has 0 aliphatic carbocycles. The van der Waals surface area contributed by atoms with E-state index < -0.39 is 0 Å². The maximum Gasteiger partial charge on any atom is 0.00671 e. The van der Waals surface area contributed by atoms with Crippen LogP contribution in [0.4, 0.5) is 0 Å². The molecule has 1 nitrogen and oxygen atoms in total. The van der Waals surface area contributed by atoms with Crippen molar-refractivity contribution in [2.75, 3.05) is 6.54 Å². The maximum absolute atomic E-state index is 3.73. The van der Waals surface area contributed by atoms with Crippen molar-refractivity contribution in [2.24, 2.45) is 0 Å². The van der Waals surface area contributed by atoms with E-state index in [1.165, 1.54) is 64.3 Å². The van der Waals surface area contributed by atoms with Crippen LogP contribution in [0.25, 0.3) is 0 Å². The van der Waals surface area contributed by atoms with Gasteiger partial charge in [0.15, 0.2) is 0 Å². The van der Waals surface area contributed by atoms with Crippen LogP contribution in [0.15, 0.2) is 17.5 Å². The Hall–Kier alpha value is -0.340. The Morgan fingerprint density at radius 3 is 2.58 bits per heavy atom. The zero-order valence-corrected chi connectivity index (χ0v) is 13.6. The molecule has 0 radical (unpaired) electrons. The van der Waals surface area contributed by atoms with Crippen LogP contribution in [-0.2, 0) is 6.42 Å². The molecule has 0 saturated carbocycles. The summed E-state index contributed by atoms with van der Waals surface area (Å²) in [6.07, 6.45) is 12.1. The topological polar surface area (TPSA) is 12.0 Å². The van der Waals surface area contributed by atoms with Gasteiger partial charge in [-0.3, -0.25) is 0 Å². The number of hydrogen-bond acceptors (Lipinski definition) is 2. The Morgan fingerprint density at radius 1 is 1.05 bits per heavy atom. The molecule has 110 valence electrons. The SMILES string of the molecule is CCCCCCC(CCCc1cccs1)NCCC. The van der Waals surface area contributed by atoms with Crippen molar-refractivity contribution < 1.29 is 0 Å². The van der Waals surface area contributed by atoms with E-state index in [1.807, 2.05) is 11.3 Å². The fraction of sp³-hybridized carbons (Fsp3) is 0.765. The lowest BCUT2D eigenvalue weighted by molar-refractivity contribution is 0.423. The van der Waals surface area contributed by atoms with Crippen molar-refractivity contribution in [1.29, 1.82) is 0 Å². The highest BCUT2D eigenvalue weighted by Gasteiger charge is 2.07. The molecule has 0 saturated heterocycles. The molecule has 0 aliphatic heterocycles. The van der Waals surface area contributed by atoms with Gasteiger partial charge >= 0.3 is 0 Å². The minimum Gasteiger partial charge on any atom is -0.314 e. The van der Waals surface area contributed by atoms with Crippen LogP contribution in [0.2, 0.25) is 0 Å². The highest BCUT2D eigenvalue weighted by atomic mass is 32.1. The number of thiophene rings is 1. The third-order valence-corrected chi connectivity index (χ3v) is 4.58. The van der Waals surface area contributed by atoms with E-state index in [0.29, 0.717) is 0 Å². The number of hydrogen-bond donors (Lipinski definition) is 1. The molecule has 1 heterocycles. The summed E-state index contributed by atoms with van der Waals surface area (Å²) in [4.78, 5) is 1.54. The standard InChI is InChI=1S/C17H31NS/c1-3-5-6-7-10-16(18-14-4-2)11-8-12-17-13-9-15-19-17/h9,13,15-16,18H,3-8,10-12,14H2,1-2H3. The molecule has 19 heavy (non-hydrogen) atoms. The van der Waals surface area contributed by atoms with Gasteiger partial charge in [0.2, 0.25) is 0 Å². The van der Waals surface area contributed by atoms with Crippen LogP contribution in [0, 0.1) is 0 Å². The van der Waals surface area contributed by atoms with Crippen LogP contribution in [0.3, 0.4) is 0 Å². The second kappa shape index (κ2) is 11.5. The van der Waals surface area contributed by atoms with Gasteiger partial charge in [0.05, 0.1) is 0 Å². The largest absolute Gasteiger partial charge is 0.314 e. The summed E-state index contributed by atoms with van der Waals surface area (Å²) in [6.45, 7) is 5.72. The van der Waals surface area contributed by atoms with Crippen LogP contribution < -0.4 is 5.32 Å². The summed E-state index contributed by atoms with van der Waals surface area (Å²) < 4.78 is 0. The molecule has 1 N–H and O–H groups in total. The number of rotatable bonds is 12. The summed E-state index contributed by atoms with van der Waals surface area (Å²) in [5.74, 6) is 0. The molecule has 0 aliphatic rings. The van der Waals surface area contributed by atoms with Crippen molar-refractivity contribution in [2.45, 2.75) is 77.7 Å². The molecule has 1 aromatic rings. The second-order valence-corrected chi connectivity index (χ2v) is 6.50. The molecule has 0 aromatic carbocycles. The van der Waals surface area contributed by atoms with E-state index in [0.717, 1.165) is 6.04 Å². The number of unbranched alkanes of at least 4 members (excludes halogenated alkanes) is 3. The van der Waals surface area contributed by atoms with Crippen molar-refractivity contribution in [1.82, 2.24) is 5.32 Å². The summed E-state index contributed by atoms with van der Waals surface area (Å²) in [6, 6.07) is 5.18. The van der Waals surface area contributed by atoms with Gasteiger partial charge in [-0.1, -0.05) is 45.6 Å². The van der Waals surface area contributed by atoms with Crippen LogP contribution in [-0.4, -0.2) is 12.6 Å². The molecule has 1 aromatic heterocycles. The van der Waals surface area contributed by atoms with Crippen molar-refractivity contribution >= 4 is 11.3 Å². The highest BCUT2D eigenvalue weighted by Crippen LogP contribution is 2.15. The fourth-order valence-electron chi connectivity index (χ4n) is 2.49. The van der Waals surface area contributed by atoms with E-state index in [9.17, 15) is 0 Å². The molecule has 1 unspecified atom stereocenters. The Balaban J connectivity index is 2.16. The summed E-state index contributed by atoms with van der Waals surface area (Å²) in [5.41, 5.74) is 0. The second-order valence-electron chi connectivity index (χ2n) is 5.47. The van der Waals surface area contributed by atoms with E-state index in [4.69, 9.17) is 0 Å². The van der Waals surface area contributed by atoms with Crippen LogP contribution in [0.5, 0.6) is 0 Å². The van der Waals surface area contributed by atoms with Crippen LogP contribution >= 0.6 is 11.3 Å². The zero-order valence-electron chi connectivity index (χ0n) is 12.8. The van der Waals surface area contributed by atoms with Gasteiger partial charge in [0, 0.05) is 10.9 Å². The lowest BCUT2D eigenvalue weighted by Crippen LogP contribution is -2.29. The van der Waals surface area contributed by atoms with Gasteiger partial charge in [0.1, 0.15) is 0 Å². The number of nitrogens with one attached hydrogen (secondary N) is 1. The maximum atomic E-state index is 3.73. The molecule has 0 amide bonds. The van der Waals surface area contributed by atoms with Gasteiger partial charge in [0.25, 0.3) is 0 Å². The Kier molecular flexibility index (Phi) is 10.1. The Bertz CT molecular complexity index is 281. The van der Waals surface area contributed by atoms with E-state index in [-0.39, 0.29) is 0 Å². The summed E-state index contributed by atoms with van der Waals surface area (Å²) >= 11 is 1.90. The average molecular weight is 282 g/mol. The van der Waals surface area contributed by atoms with Crippen molar-refractivity contribution in [3.63, 3.8) is 0 Å². The van der Waals surface area contributed by atoms with Gasteiger partial charge < -0.3 is 5.32 Å². The average Bonchev–Trinajstić information content (AvgIpc) is 2.93. The first-order valence-electron chi connectivity index (χ1n) is 8.12. The van der Waals surface area contributed by atoms with Crippen LogP contribution in [0.1, 0.15) is 70.1 Å². The van der Waals surface area contributed by atoms with Gasteiger partial charge in [-0.25, -0.2) is 0 Å². The van der Waals surface area contributed by atoms with Crippen molar-refractivity contribution in [3.8, 4) is 0 Å². The zero-order chi connectivity index (χ0) is 13.8. The molecule has 2 heteroatoms.